The Morgan fingerprint density at radius 1 is 1.27 bits per heavy atom. The van der Waals surface area contributed by atoms with Crippen molar-refractivity contribution in [2.24, 2.45) is 0 Å². The molecule has 116 valence electrons. The maximum atomic E-state index is 11.4. The van der Waals surface area contributed by atoms with E-state index in [1.807, 2.05) is 11.8 Å². The molecule has 22 heavy (non-hydrogen) atoms. The number of piperidine rings is 1. The average Bonchev–Trinajstić information content (AvgIpc) is 3.04. The second-order valence-corrected chi connectivity index (χ2v) is 5.36. The molecule has 0 atom stereocenters. The van der Waals surface area contributed by atoms with Crippen LogP contribution in [0.1, 0.15) is 31.9 Å². The van der Waals surface area contributed by atoms with Crippen molar-refractivity contribution in [3.63, 3.8) is 0 Å². The summed E-state index contributed by atoms with van der Waals surface area (Å²) in [6.07, 6.45) is 7.22. The van der Waals surface area contributed by atoms with E-state index in [-0.39, 0.29) is 10.6 Å². The van der Waals surface area contributed by atoms with Crippen LogP contribution in [0.3, 0.4) is 0 Å². The van der Waals surface area contributed by atoms with Gasteiger partial charge in [0.15, 0.2) is 0 Å². The van der Waals surface area contributed by atoms with Crippen LogP contribution < -0.4 is 4.90 Å². The van der Waals surface area contributed by atoms with Crippen LogP contribution in [0.25, 0.3) is 11.5 Å². The molecule has 2 aromatic heterocycles. The molecule has 0 amide bonds. The first-order valence-corrected chi connectivity index (χ1v) is 7.53. The number of oxazole rings is 1. The van der Waals surface area contributed by atoms with Crippen LogP contribution in [0.2, 0.25) is 0 Å². The van der Waals surface area contributed by atoms with E-state index in [2.05, 4.69) is 9.97 Å². The molecular weight excluding hydrogens is 284 g/mol. The second-order valence-electron chi connectivity index (χ2n) is 5.36. The van der Waals surface area contributed by atoms with E-state index in [9.17, 15) is 10.1 Å². The quantitative estimate of drug-likeness (QED) is 0.637. The van der Waals surface area contributed by atoms with E-state index in [1.54, 1.807) is 12.4 Å². The molecule has 0 bridgehead atoms. The third-order valence-electron chi connectivity index (χ3n) is 3.85. The van der Waals surface area contributed by atoms with Gasteiger partial charge in [-0.2, -0.15) is 0 Å². The Labute approximate surface area is 128 Å². The minimum atomic E-state index is -0.385. The monoisotopic (exact) mass is 302 g/mol. The van der Waals surface area contributed by atoms with Gasteiger partial charge in [-0.3, -0.25) is 10.1 Å². The minimum Gasteiger partial charge on any atom is -0.441 e. The zero-order chi connectivity index (χ0) is 15.5. The highest BCUT2D eigenvalue weighted by molar-refractivity contribution is 5.66. The number of pyridine rings is 1. The van der Waals surface area contributed by atoms with Crippen molar-refractivity contribution in [2.45, 2.75) is 32.6 Å². The number of hydrogen-bond acceptors (Lipinski definition) is 6. The van der Waals surface area contributed by atoms with Gasteiger partial charge >= 0.3 is 5.69 Å². The minimum absolute atomic E-state index is 0.00986. The first-order valence-electron chi connectivity index (χ1n) is 7.53. The first-order chi connectivity index (χ1) is 10.7. The van der Waals surface area contributed by atoms with Gasteiger partial charge in [0.05, 0.1) is 16.7 Å². The molecule has 0 aliphatic carbocycles. The number of nitrogens with zero attached hydrogens (tertiary/aromatic N) is 4. The number of hydrogen-bond donors (Lipinski definition) is 0. The summed E-state index contributed by atoms with van der Waals surface area (Å²) in [5.74, 6) is 1.56. The summed E-state index contributed by atoms with van der Waals surface area (Å²) in [5, 5.41) is 11.4. The van der Waals surface area contributed by atoms with Crippen LogP contribution in [-0.2, 0) is 6.42 Å². The lowest BCUT2D eigenvalue weighted by Gasteiger charge is -2.27. The van der Waals surface area contributed by atoms with Crippen molar-refractivity contribution in [1.29, 1.82) is 0 Å². The van der Waals surface area contributed by atoms with E-state index in [0.29, 0.717) is 17.3 Å². The van der Waals surface area contributed by atoms with Crippen LogP contribution in [0, 0.1) is 10.1 Å². The second kappa shape index (κ2) is 6.13. The molecule has 1 saturated heterocycles. The zero-order valence-corrected chi connectivity index (χ0v) is 12.5. The van der Waals surface area contributed by atoms with E-state index in [1.165, 1.54) is 12.5 Å². The highest BCUT2D eigenvalue weighted by Crippen LogP contribution is 2.32. The highest BCUT2D eigenvalue weighted by Gasteiger charge is 2.24. The van der Waals surface area contributed by atoms with Crippen LogP contribution >= 0.6 is 0 Å². The molecule has 1 aliphatic heterocycles. The van der Waals surface area contributed by atoms with Gasteiger partial charge in [-0.1, -0.05) is 6.92 Å². The van der Waals surface area contributed by atoms with Gasteiger partial charge in [0.25, 0.3) is 0 Å². The SMILES string of the molecule is CCc1cnc(-c2cnc(N3CCCCC3)c([N+](=O)[O-])c2)o1. The summed E-state index contributed by atoms with van der Waals surface area (Å²) in [6, 6.07) is 1.50. The van der Waals surface area contributed by atoms with Gasteiger partial charge in [0.2, 0.25) is 11.7 Å². The predicted molar refractivity (Wildman–Crippen MR) is 81.8 cm³/mol. The van der Waals surface area contributed by atoms with Gasteiger partial charge in [0.1, 0.15) is 5.76 Å². The molecule has 1 fully saturated rings. The Bertz CT molecular complexity index is 677. The van der Waals surface area contributed by atoms with Crippen molar-refractivity contribution >= 4 is 11.5 Å². The number of anilines is 1. The Hall–Kier alpha value is -2.44. The standard InChI is InChI=1S/C15H18N4O3/c1-2-12-10-17-15(22-12)11-8-13(19(20)21)14(16-9-11)18-6-4-3-5-7-18/h8-10H,2-7H2,1H3. The van der Waals surface area contributed by atoms with Gasteiger partial charge in [-0.05, 0) is 19.3 Å². The van der Waals surface area contributed by atoms with Crippen molar-refractivity contribution in [2.75, 3.05) is 18.0 Å². The number of rotatable bonds is 4. The Morgan fingerprint density at radius 3 is 2.68 bits per heavy atom. The number of aromatic nitrogens is 2. The number of aryl methyl sites for hydroxylation is 1. The van der Waals surface area contributed by atoms with Gasteiger partial charge < -0.3 is 9.32 Å². The molecule has 0 saturated carbocycles. The van der Waals surface area contributed by atoms with Gasteiger partial charge in [-0.15, -0.1) is 0 Å². The lowest BCUT2D eigenvalue weighted by Crippen LogP contribution is -2.30. The third kappa shape index (κ3) is 2.79. The predicted octanol–water partition coefficient (Wildman–Crippen LogP) is 3.20. The van der Waals surface area contributed by atoms with Crippen molar-refractivity contribution < 1.29 is 9.34 Å². The maximum Gasteiger partial charge on any atom is 0.312 e. The molecular formula is C15H18N4O3. The van der Waals surface area contributed by atoms with E-state index >= 15 is 0 Å². The number of nitro groups is 1. The molecule has 2 aromatic rings. The molecule has 0 aromatic carbocycles. The van der Waals surface area contributed by atoms with E-state index < -0.39 is 0 Å². The lowest BCUT2D eigenvalue weighted by atomic mass is 10.1. The van der Waals surface area contributed by atoms with Crippen molar-refractivity contribution in [3.05, 3.63) is 34.3 Å². The molecule has 0 spiro atoms. The van der Waals surface area contributed by atoms with Gasteiger partial charge in [-0.25, -0.2) is 9.97 Å². The normalized spacial score (nSPS) is 15.0. The summed E-state index contributed by atoms with van der Waals surface area (Å²) in [4.78, 5) is 21.5. The van der Waals surface area contributed by atoms with Crippen molar-refractivity contribution in [3.8, 4) is 11.5 Å². The Morgan fingerprint density at radius 2 is 2.05 bits per heavy atom. The molecule has 3 rings (SSSR count). The molecule has 0 radical (unpaired) electrons. The molecule has 1 aliphatic rings. The topological polar surface area (TPSA) is 85.3 Å². The van der Waals surface area contributed by atoms with Crippen molar-refractivity contribution in [1.82, 2.24) is 9.97 Å². The summed E-state index contributed by atoms with van der Waals surface area (Å²) in [6.45, 7) is 3.59. The fourth-order valence-electron chi connectivity index (χ4n) is 2.65. The van der Waals surface area contributed by atoms with Gasteiger partial charge in [0, 0.05) is 31.8 Å². The Kier molecular flexibility index (Phi) is 4.04. The smallest absolute Gasteiger partial charge is 0.312 e. The summed E-state index contributed by atoms with van der Waals surface area (Å²) >= 11 is 0. The molecule has 7 heteroatoms. The van der Waals surface area contributed by atoms with Crippen LogP contribution in [0.15, 0.2) is 22.9 Å². The van der Waals surface area contributed by atoms with Crippen LogP contribution in [-0.4, -0.2) is 28.0 Å². The van der Waals surface area contributed by atoms with E-state index in [0.717, 1.165) is 38.1 Å². The Balaban J connectivity index is 1.97. The largest absolute Gasteiger partial charge is 0.441 e. The van der Waals surface area contributed by atoms with Crippen LogP contribution in [0.5, 0.6) is 0 Å². The summed E-state index contributed by atoms with van der Waals surface area (Å²) in [5.41, 5.74) is 0.544. The maximum absolute atomic E-state index is 11.4. The molecule has 0 unspecified atom stereocenters. The fourth-order valence-corrected chi connectivity index (χ4v) is 2.65. The molecule has 3 heterocycles. The zero-order valence-electron chi connectivity index (χ0n) is 12.5. The fraction of sp³-hybridized carbons (Fsp3) is 0.467. The first kappa shape index (κ1) is 14.5. The average molecular weight is 302 g/mol. The molecule has 0 N–H and O–H groups in total. The summed E-state index contributed by atoms with van der Waals surface area (Å²) in [7, 11) is 0. The summed E-state index contributed by atoms with van der Waals surface area (Å²) < 4.78 is 5.55. The highest BCUT2D eigenvalue weighted by atomic mass is 16.6. The lowest BCUT2D eigenvalue weighted by molar-refractivity contribution is -0.384. The molecule has 7 nitrogen and oxygen atoms in total. The third-order valence-corrected chi connectivity index (χ3v) is 3.85. The van der Waals surface area contributed by atoms with E-state index in [4.69, 9.17) is 4.42 Å². The van der Waals surface area contributed by atoms with Crippen LogP contribution in [0.4, 0.5) is 11.5 Å².